The molecule has 0 N–H and O–H groups in total. The van der Waals surface area contributed by atoms with Crippen LogP contribution in [0.4, 0.5) is 0 Å². The highest BCUT2D eigenvalue weighted by molar-refractivity contribution is 9.10. The molecule has 0 aliphatic carbocycles. The minimum Gasteiger partial charge on any atom is -0.265 e. The van der Waals surface area contributed by atoms with E-state index in [9.17, 15) is 0 Å². The monoisotopic (exact) mass is 538 g/mol. The van der Waals surface area contributed by atoms with E-state index >= 15 is 0 Å². The van der Waals surface area contributed by atoms with E-state index in [1.807, 2.05) is 49.1 Å². The first-order valence-electron chi connectivity index (χ1n) is 12.2. The van der Waals surface area contributed by atoms with Gasteiger partial charge in [0.1, 0.15) is 0 Å². The molecule has 2 heterocycles. The van der Waals surface area contributed by atoms with Gasteiger partial charge in [-0.05, 0) is 122 Å². The Bertz CT molecular complexity index is 1560. The average Bonchev–Trinajstić information content (AvgIpc) is 2.98. The van der Waals surface area contributed by atoms with E-state index in [-0.39, 0.29) is 0 Å². The highest BCUT2D eigenvalue weighted by atomic mass is 79.9. The quantitative estimate of drug-likeness (QED) is 0.218. The lowest BCUT2D eigenvalue weighted by atomic mass is 9.91. The molecule has 0 unspecified atom stereocenters. The number of aromatic nitrogens is 2. The molecule has 2 nitrogen and oxygen atoms in total. The van der Waals surface area contributed by atoms with Crippen LogP contribution in [0.5, 0.6) is 0 Å². The van der Waals surface area contributed by atoms with E-state index in [1.165, 1.54) is 44.5 Å². The number of rotatable bonds is 5. The lowest BCUT2D eigenvalue weighted by Crippen LogP contribution is -1.88. The summed E-state index contributed by atoms with van der Waals surface area (Å²) < 4.78 is 1.07. The summed E-state index contributed by atoms with van der Waals surface area (Å²) >= 11 is 3.57. The van der Waals surface area contributed by atoms with E-state index in [0.717, 1.165) is 15.6 Å². The summed E-state index contributed by atoms with van der Waals surface area (Å²) in [6.45, 7) is 0. The van der Waals surface area contributed by atoms with Crippen molar-refractivity contribution in [2.75, 3.05) is 0 Å². The van der Waals surface area contributed by atoms with Crippen molar-refractivity contribution in [1.29, 1.82) is 0 Å². The molecular weight excluding hydrogens is 516 g/mol. The Morgan fingerprint density at radius 2 is 0.649 bits per heavy atom. The Hall–Kier alpha value is -4.34. The zero-order valence-corrected chi connectivity index (χ0v) is 21.6. The van der Waals surface area contributed by atoms with Crippen LogP contribution in [0.1, 0.15) is 0 Å². The zero-order valence-electron chi connectivity index (χ0n) is 20.1. The summed E-state index contributed by atoms with van der Waals surface area (Å²) in [5.41, 5.74) is 11.8. The second kappa shape index (κ2) is 10.3. The molecule has 0 atom stereocenters. The van der Waals surface area contributed by atoms with Gasteiger partial charge in [-0.25, -0.2) is 0 Å². The fourth-order valence-corrected chi connectivity index (χ4v) is 4.88. The summed E-state index contributed by atoms with van der Waals surface area (Å²) in [4.78, 5) is 8.34. The average molecular weight is 539 g/mol. The third kappa shape index (κ3) is 5.13. The fraction of sp³-hybridized carbons (Fsp3) is 0. The topological polar surface area (TPSA) is 25.8 Å². The van der Waals surface area contributed by atoms with Gasteiger partial charge in [0.05, 0.1) is 0 Å². The lowest BCUT2D eigenvalue weighted by molar-refractivity contribution is 1.33. The summed E-state index contributed by atoms with van der Waals surface area (Å²) in [5, 5.41) is 0. The van der Waals surface area contributed by atoms with Crippen LogP contribution in [0.15, 0.2) is 145 Å². The maximum absolute atomic E-state index is 4.17. The molecule has 3 heteroatoms. The molecule has 6 aromatic rings. The van der Waals surface area contributed by atoms with E-state index in [0.29, 0.717) is 0 Å². The first kappa shape index (κ1) is 23.1. The van der Waals surface area contributed by atoms with Crippen LogP contribution >= 0.6 is 15.9 Å². The number of benzene rings is 4. The van der Waals surface area contributed by atoms with E-state index < -0.39 is 0 Å². The van der Waals surface area contributed by atoms with Gasteiger partial charge in [0.2, 0.25) is 0 Å². The van der Waals surface area contributed by atoms with Gasteiger partial charge in [0, 0.05) is 29.3 Å². The summed E-state index contributed by atoms with van der Waals surface area (Å²) in [6.07, 6.45) is 7.35. The summed E-state index contributed by atoms with van der Waals surface area (Å²) in [6, 6.07) is 41.0. The normalized spacial score (nSPS) is 10.8. The number of nitrogens with zero attached hydrogens (tertiary/aromatic N) is 2. The van der Waals surface area contributed by atoms with Crippen molar-refractivity contribution < 1.29 is 0 Å². The number of pyridine rings is 2. The molecule has 0 aliphatic rings. The van der Waals surface area contributed by atoms with Gasteiger partial charge in [-0.2, -0.15) is 0 Å². The second-order valence-corrected chi connectivity index (χ2v) is 9.85. The minimum absolute atomic E-state index is 1.07. The third-order valence-electron chi connectivity index (χ3n) is 6.53. The lowest BCUT2D eigenvalue weighted by Gasteiger charge is -2.13. The number of hydrogen-bond acceptors (Lipinski definition) is 2. The predicted octanol–water partition coefficient (Wildman–Crippen LogP) is 9.57. The molecule has 0 spiro atoms. The molecule has 176 valence electrons. The van der Waals surface area contributed by atoms with Crippen LogP contribution < -0.4 is 0 Å². The van der Waals surface area contributed by atoms with Crippen molar-refractivity contribution in [3.63, 3.8) is 0 Å². The van der Waals surface area contributed by atoms with Crippen LogP contribution in [0, 0.1) is 0 Å². The fourth-order valence-electron chi connectivity index (χ4n) is 4.62. The van der Waals surface area contributed by atoms with Crippen molar-refractivity contribution in [1.82, 2.24) is 9.97 Å². The number of halogens is 1. The first-order valence-corrected chi connectivity index (χ1v) is 12.9. The molecule has 0 saturated carbocycles. The van der Waals surface area contributed by atoms with Crippen molar-refractivity contribution in [2.24, 2.45) is 0 Å². The molecule has 0 saturated heterocycles. The maximum Gasteiger partial charge on any atom is 0.0273 e. The predicted molar refractivity (Wildman–Crippen MR) is 157 cm³/mol. The Labute approximate surface area is 225 Å². The zero-order chi connectivity index (χ0) is 25.0. The minimum atomic E-state index is 1.07. The molecule has 0 aliphatic heterocycles. The van der Waals surface area contributed by atoms with Gasteiger partial charge in [-0.1, -0.05) is 64.5 Å². The Morgan fingerprint density at radius 3 is 1.08 bits per heavy atom. The van der Waals surface area contributed by atoms with Gasteiger partial charge in [0.15, 0.2) is 0 Å². The Kier molecular flexibility index (Phi) is 6.45. The molecule has 0 amide bonds. The van der Waals surface area contributed by atoms with E-state index in [4.69, 9.17) is 0 Å². The highest BCUT2D eigenvalue weighted by Gasteiger charge is 2.10. The van der Waals surface area contributed by atoms with Crippen LogP contribution in [0.3, 0.4) is 0 Å². The second-order valence-electron chi connectivity index (χ2n) is 8.94. The van der Waals surface area contributed by atoms with Gasteiger partial charge >= 0.3 is 0 Å². The van der Waals surface area contributed by atoms with Crippen molar-refractivity contribution in [3.05, 3.63) is 145 Å². The Balaban J connectivity index is 1.50. The molecule has 0 fully saturated rings. The van der Waals surface area contributed by atoms with Crippen LogP contribution in [-0.4, -0.2) is 9.97 Å². The van der Waals surface area contributed by atoms with Crippen molar-refractivity contribution in [2.45, 2.75) is 0 Å². The standard InChI is InChI=1S/C34H23BrN2/c35-34-9-7-24(8-10-34)31-21-32(29-5-1-3-27(19-29)25-11-15-36-16-12-25)23-33(22-31)30-6-2-4-28(20-30)26-13-17-37-18-14-26/h1-23H. The van der Waals surface area contributed by atoms with Crippen molar-refractivity contribution in [3.8, 4) is 55.6 Å². The molecule has 4 aromatic carbocycles. The van der Waals surface area contributed by atoms with Gasteiger partial charge in [-0.15, -0.1) is 0 Å². The van der Waals surface area contributed by atoms with Crippen LogP contribution in [-0.2, 0) is 0 Å². The molecular formula is C34H23BrN2. The molecule has 0 bridgehead atoms. The molecule has 37 heavy (non-hydrogen) atoms. The summed E-state index contributed by atoms with van der Waals surface area (Å²) in [5.74, 6) is 0. The molecule has 6 rings (SSSR count). The first-order chi connectivity index (χ1) is 18.2. The Morgan fingerprint density at radius 1 is 0.324 bits per heavy atom. The maximum atomic E-state index is 4.17. The molecule has 0 radical (unpaired) electrons. The van der Waals surface area contributed by atoms with Crippen LogP contribution in [0.2, 0.25) is 0 Å². The van der Waals surface area contributed by atoms with E-state index in [1.54, 1.807) is 0 Å². The van der Waals surface area contributed by atoms with Gasteiger partial charge < -0.3 is 0 Å². The molecule has 2 aromatic heterocycles. The van der Waals surface area contributed by atoms with Gasteiger partial charge in [-0.3, -0.25) is 9.97 Å². The summed E-state index contributed by atoms with van der Waals surface area (Å²) in [7, 11) is 0. The largest absolute Gasteiger partial charge is 0.265 e. The smallest absolute Gasteiger partial charge is 0.0273 e. The van der Waals surface area contributed by atoms with Crippen molar-refractivity contribution >= 4 is 15.9 Å². The van der Waals surface area contributed by atoms with E-state index in [2.05, 4.69) is 117 Å². The SMILES string of the molecule is Brc1ccc(-c2cc(-c3cccc(-c4ccncc4)c3)cc(-c3cccc(-c4ccncc4)c3)c2)cc1. The van der Waals surface area contributed by atoms with Crippen LogP contribution in [0.25, 0.3) is 55.6 Å². The number of hydrogen-bond donors (Lipinski definition) is 0. The highest BCUT2D eigenvalue weighted by Crippen LogP contribution is 2.36. The van der Waals surface area contributed by atoms with Gasteiger partial charge in [0.25, 0.3) is 0 Å². The third-order valence-corrected chi connectivity index (χ3v) is 7.06.